The molecule has 3 aliphatic rings. The highest BCUT2D eigenvalue weighted by Gasteiger charge is 2.24. The fourth-order valence-electron chi connectivity index (χ4n) is 7.58. The highest BCUT2D eigenvalue weighted by Crippen LogP contribution is 2.31. The fourth-order valence-corrected chi connectivity index (χ4v) is 7.58. The summed E-state index contributed by atoms with van der Waals surface area (Å²) in [6.45, 7) is 2.44. The predicted octanol–water partition coefficient (Wildman–Crippen LogP) is 8.16. The van der Waals surface area contributed by atoms with Gasteiger partial charge < -0.3 is 9.88 Å². The van der Waals surface area contributed by atoms with Crippen LogP contribution in [0.1, 0.15) is 53.6 Å². The first-order valence-electron chi connectivity index (χ1n) is 17.7. The van der Waals surface area contributed by atoms with Crippen molar-refractivity contribution in [3.05, 3.63) is 189 Å². The lowest BCUT2D eigenvalue weighted by Crippen LogP contribution is -2.26. The molecule has 1 atom stereocenters. The molecule has 5 heteroatoms. The number of imidazole rings is 1. The number of allylic oxidation sites excluding steroid dienone is 1. The Labute approximate surface area is 298 Å². The summed E-state index contributed by atoms with van der Waals surface area (Å²) in [5.74, 6) is 0.384. The topological polar surface area (TPSA) is 61.4 Å². The van der Waals surface area contributed by atoms with E-state index >= 15 is 0 Å². The average molecular weight is 665 g/mol. The molecular weight excluding hydrogens is 625 g/mol. The SMILES string of the molecule is C1=NC(Cc2ccccc2)=CN(Cc2cnc[nH]2)c2ccc(-c3ccccc3)cc21.CC(=O)C1CCC=c2ccc3c(c21)CC=c1ccccc1=3. The molecule has 6 aromatic rings. The molecule has 9 rings (SSSR count). The summed E-state index contributed by atoms with van der Waals surface area (Å²) in [7, 11) is 0. The van der Waals surface area contributed by atoms with Crippen molar-refractivity contribution in [2.24, 2.45) is 4.99 Å². The van der Waals surface area contributed by atoms with Gasteiger partial charge in [0.15, 0.2) is 0 Å². The predicted molar refractivity (Wildman–Crippen MR) is 208 cm³/mol. The maximum absolute atomic E-state index is 12.1. The van der Waals surface area contributed by atoms with Crippen LogP contribution in [0.4, 0.5) is 5.69 Å². The molecule has 1 unspecified atom stereocenters. The van der Waals surface area contributed by atoms with Gasteiger partial charge in [-0.2, -0.15) is 0 Å². The fraction of sp³-hybridized carbons (Fsp3) is 0.152. The molecule has 1 N–H and O–H groups in total. The van der Waals surface area contributed by atoms with Crippen LogP contribution < -0.4 is 15.3 Å². The lowest BCUT2D eigenvalue weighted by molar-refractivity contribution is -0.118. The van der Waals surface area contributed by atoms with E-state index in [0.717, 1.165) is 48.3 Å². The number of fused-ring (bicyclic) bond motifs is 5. The molecule has 2 aliphatic carbocycles. The summed E-state index contributed by atoms with van der Waals surface area (Å²) >= 11 is 0. The second kappa shape index (κ2) is 14.4. The van der Waals surface area contributed by atoms with Crippen LogP contribution in [0.15, 0.2) is 145 Å². The largest absolute Gasteiger partial charge is 0.347 e. The lowest BCUT2D eigenvalue weighted by atomic mass is 9.80. The Hall–Kier alpha value is -6.07. The molecule has 0 spiro atoms. The summed E-state index contributed by atoms with van der Waals surface area (Å²) in [5, 5.41) is 5.19. The van der Waals surface area contributed by atoms with Gasteiger partial charge >= 0.3 is 0 Å². The van der Waals surface area contributed by atoms with Crippen molar-refractivity contribution in [2.75, 3.05) is 4.90 Å². The molecule has 51 heavy (non-hydrogen) atoms. The van der Waals surface area contributed by atoms with Gasteiger partial charge in [0.25, 0.3) is 0 Å². The van der Waals surface area contributed by atoms with E-state index in [9.17, 15) is 4.79 Å². The normalized spacial score (nSPS) is 15.3. The van der Waals surface area contributed by atoms with Gasteiger partial charge in [0, 0.05) is 42.2 Å². The third kappa shape index (κ3) is 6.88. The van der Waals surface area contributed by atoms with E-state index in [4.69, 9.17) is 4.99 Å². The molecule has 1 aromatic heterocycles. The quantitative estimate of drug-likeness (QED) is 0.196. The average Bonchev–Trinajstić information content (AvgIpc) is 3.64. The van der Waals surface area contributed by atoms with Crippen molar-refractivity contribution >= 4 is 29.8 Å². The number of nitrogens with zero attached hydrogens (tertiary/aromatic N) is 3. The van der Waals surface area contributed by atoms with Crippen molar-refractivity contribution in [3.63, 3.8) is 0 Å². The number of hydrogen-bond acceptors (Lipinski definition) is 4. The number of anilines is 1. The van der Waals surface area contributed by atoms with Gasteiger partial charge in [0.2, 0.25) is 0 Å². The van der Waals surface area contributed by atoms with Gasteiger partial charge in [0.1, 0.15) is 5.78 Å². The summed E-state index contributed by atoms with van der Waals surface area (Å²) in [4.78, 5) is 26.6. The zero-order valence-electron chi connectivity index (χ0n) is 28.8. The maximum Gasteiger partial charge on any atom is 0.137 e. The Kier molecular flexibility index (Phi) is 9.09. The number of aromatic amines is 1. The molecule has 0 bridgehead atoms. The molecular formula is C46H40N4O. The minimum Gasteiger partial charge on any atom is -0.347 e. The number of carbonyl (C=O) groups excluding carboxylic acids is 1. The number of benzene rings is 5. The van der Waals surface area contributed by atoms with E-state index in [0.29, 0.717) is 12.3 Å². The van der Waals surface area contributed by atoms with Crippen LogP contribution in [0.3, 0.4) is 0 Å². The third-order valence-corrected chi connectivity index (χ3v) is 10.1. The molecule has 0 fully saturated rings. The zero-order valence-corrected chi connectivity index (χ0v) is 28.8. The van der Waals surface area contributed by atoms with E-state index in [-0.39, 0.29) is 5.92 Å². The summed E-state index contributed by atoms with van der Waals surface area (Å²) in [6, 6.07) is 40.5. The van der Waals surface area contributed by atoms with Crippen LogP contribution in [0, 0.1) is 10.4 Å². The van der Waals surface area contributed by atoms with Gasteiger partial charge in [-0.05, 0) is 87.0 Å². The number of carbonyl (C=O) groups is 1. The second-order valence-electron chi connectivity index (χ2n) is 13.4. The minimum absolute atomic E-state index is 0.0820. The summed E-state index contributed by atoms with van der Waals surface area (Å²) < 4.78 is 0. The Bertz CT molecular complexity index is 2480. The van der Waals surface area contributed by atoms with Crippen molar-refractivity contribution in [2.45, 2.75) is 45.1 Å². The van der Waals surface area contributed by atoms with Gasteiger partial charge in [-0.15, -0.1) is 0 Å². The number of hydrogen-bond donors (Lipinski definition) is 1. The summed E-state index contributed by atoms with van der Waals surface area (Å²) in [6.07, 6.45) is 16.0. The van der Waals surface area contributed by atoms with Gasteiger partial charge in [-0.3, -0.25) is 9.79 Å². The first-order chi connectivity index (χ1) is 25.1. The standard InChI is InChI=1S/C26H22N4.C20H18O/c1-3-7-20(8-4-1)13-24-17-30(18-25-16-27-19-29-25)26-12-11-22(14-23(26)15-28-24)21-9-5-2-6-10-21;1-13(21)16-8-4-6-15-10-11-18-17-7-3-2-5-14(17)9-12-19(18)20(15)16/h1-12,14-17,19H,13,18H2,(H,27,29);2-3,5-7,9-11,16H,4,8,12H2,1H3. The zero-order chi connectivity index (χ0) is 34.6. The van der Waals surface area contributed by atoms with Crippen molar-refractivity contribution in [3.8, 4) is 11.1 Å². The Morgan fingerprint density at radius 2 is 1.63 bits per heavy atom. The number of ketones is 1. The number of rotatable bonds is 6. The number of aliphatic imine (C=N–C) groups is 1. The van der Waals surface area contributed by atoms with Crippen LogP contribution in [0.25, 0.3) is 23.3 Å². The van der Waals surface area contributed by atoms with Crippen molar-refractivity contribution in [1.29, 1.82) is 0 Å². The first-order valence-corrected chi connectivity index (χ1v) is 17.7. The number of Topliss-reactive ketones (excluding diaryl/α,β-unsaturated/α-hetero) is 1. The van der Waals surface area contributed by atoms with E-state index < -0.39 is 0 Å². The van der Waals surface area contributed by atoms with Gasteiger partial charge in [-0.1, -0.05) is 115 Å². The maximum atomic E-state index is 12.1. The summed E-state index contributed by atoms with van der Waals surface area (Å²) in [5.41, 5.74) is 10.6. The molecule has 1 aliphatic heterocycles. The highest BCUT2D eigenvalue weighted by atomic mass is 16.1. The molecule has 2 heterocycles. The number of nitrogens with one attached hydrogen (secondary N) is 1. The minimum atomic E-state index is 0.0820. The molecule has 0 amide bonds. The van der Waals surface area contributed by atoms with Crippen LogP contribution in [0.5, 0.6) is 0 Å². The highest BCUT2D eigenvalue weighted by molar-refractivity contribution is 5.92. The monoisotopic (exact) mass is 664 g/mol. The van der Waals surface area contributed by atoms with Crippen molar-refractivity contribution in [1.82, 2.24) is 9.97 Å². The lowest BCUT2D eigenvalue weighted by Gasteiger charge is -2.23. The first kappa shape index (κ1) is 32.2. The molecule has 0 saturated carbocycles. The molecule has 250 valence electrons. The van der Waals surface area contributed by atoms with E-state index in [1.54, 1.807) is 13.3 Å². The van der Waals surface area contributed by atoms with Gasteiger partial charge in [-0.25, -0.2) is 4.98 Å². The van der Waals surface area contributed by atoms with Crippen LogP contribution in [-0.2, 0) is 24.2 Å². The van der Waals surface area contributed by atoms with E-state index in [1.807, 2.05) is 24.5 Å². The number of H-pyrrole nitrogens is 1. The smallest absolute Gasteiger partial charge is 0.137 e. The molecule has 5 aromatic carbocycles. The molecule has 0 saturated heterocycles. The Balaban J connectivity index is 0.000000156. The second-order valence-corrected chi connectivity index (χ2v) is 13.4. The van der Waals surface area contributed by atoms with Crippen LogP contribution in [-0.4, -0.2) is 22.0 Å². The Morgan fingerprint density at radius 1 is 0.824 bits per heavy atom. The van der Waals surface area contributed by atoms with Crippen LogP contribution >= 0.6 is 0 Å². The van der Waals surface area contributed by atoms with Gasteiger partial charge in [0.05, 0.1) is 24.3 Å². The van der Waals surface area contributed by atoms with Crippen molar-refractivity contribution < 1.29 is 4.79 Å². The Morgan fingerprint density at radius 3 is 2.43 bits per heavy atom. The van der Waals surface area contributed by atoms with Crippen LogP contribution in [0.2, 0.25) is 0 Å². The van der Waals surface area contributed by atoms with E-state index in [2.05, 4.69) is 136 Å². The molecule has 5 nitrogen and oxygen atoms in total. The van der Waals surface area contributed by atoms with E-state index in [1.165, 1.54) is 48.7 Å². The number of aromatic nitrogens is 2. The molecule has 0 radical (unpaired) electrons. The third-order valence-electron chi connectivity index (χ3n) is 10.1.